The third-order valence-corrected chi connectivity index (χ3v) is 4.49. The van der Waals surface area contributed by atoms with Crippen LogP contribution in [0.3, 0.4) is 0 Å². The summed E-state index contributed by atoms with van der Waals surface area (Å²) in [5, 5.41) is 11.3. The lowest BCUT2D eigenvalue weighted by Crippen LogP contribution is -2.43. The molecule has 2 aliphatic rings. The third kappa shape index (κ3) is 2.64. The van der Waals surface area contributed by atoms with E-state index in [0.29, 0.717) is 12.1 Å². The Bertz CT molecular complexity index is 466. The molecule has 1 atom stereocenters. The van der Waals surface area contributed by atoms with E-state index in [-0.39, 0.29) is 6.03 Å². The van der Waals surface area contributed by atoms with Crippen LogP contribution in [0.25, 0.3) is 0 Å². The standard InChI is InChI=1S/C14H23N5O/c1-2-13-17-15-10-19(13)12-7-8-18(9-12)14(20)16-11-5-3-4-6-11/h10-12H,2-9H2,1H3,(H,16,20). The zero-order valence-corrected chi connectivity index (χ0v) is 12.1. The lowest BCUT2D eigenvalue weighted by molar-refractivity contribution is 0.203. The van der Waals surface area contributed by atoms with E-state index in [1.165, 1.54) is 12.8 Å². The Morgan fingerprint density at radius 2 is 2.20 bits per heavy atom. The molecule has 0 aromatic carbocycles. The summed E-state index contributed by atoms with van der Waals surface area (Å²) in [7, 11) is 0. The van der Waals surface area contributed by atoms with Crippen molar-refractivity contribution >= 4 is 6.03 Å². The van der Waals surface area contributed by atoms with Crippen LogP contribution in [0.15, 0.2) is 6.33 Å². The Balaban J connectivity index is 1.57. The van der Waals surface area contributed by atoms with E-state index in [2.05, 4.69) is 27.0 Å². The fourth-order valence-corrected chi connectivity index (χ4v) is 3.31. The Morgan fingerprint density at radius 3 is 2.95 bits per heavy atom. The second-order valence-corrected chi connectivity index (χ2v) is 5.83. The number of carbonyl (C=O) groups is 1. The molecular weight excluding hydrogens is 254 g/mol. The molecule has 6 nitrogen and oxygen atoms in total. The summed E-state index contributed by atoms with van der Waals surface area (Å²) in [6, 6.07) is 0.822. The molecule has 1 aliphatic carbocycles. The zero-order valence-electron chi connectivity index (χ0n) is 12.1. The number of nitrogens with zero attached hydrogens (tertiary/aromatic N) is 4. The highest BCUT2D eigenvalue weighted by molar-refractivity contribution is 5.74. The van der Waals surface area contributed by atoms with Crippen molar-refractivity contribution in [3.05, 3.63) is 12.2 Å². The average Bonchev–Trinajstić information content (AvgIpc) is 3.19. The van der Waals surface area contributed by atoms with Gasteiger partial charge in [0.05, 0.1) is 6.04 Å². The molecule has 3 rings (SSSR count). The number of nitrogens with one attached hydrogen (secondary N) is 1. The molecule has 1 saturated carbocycles. The summed E-state index contributed by atoms with van der Waals surface area (Å²) in [5.74, 6) is 1.01. The number of carbonyl (C=O) groups excluding carboxylic acids is 1. The number of aryl methyl sites for hydroxylation is 1. The summed E-state index contributed by atoms with van der Waals surface area (Å²) < 4.78 is 2.13. The molecule has 1 saturated heterocycles. The van der Waals surface area contributed by atoms with Crippen molar-refractivity contribution in [2.75, 3.05) is 13.1 Å². The largest absolute Gasteiger partial charge is 0.335 e. The molecule has 110 valence electrons. The first kappa shape index (κ1) is 13.4. The average molecular weight is 277 g/mol. The van der Waals surface area contributed by atoms with E-state index in [4.69, 9.17) is 0 Å². The van der Waals surface area contributed by atoms with E-state index in [1.54, 1.807) is 6.33 Å². The molecule has 0 radical (unpaired) electrons. The molecule has 0 spiro atoms. The van der Waals surface area contributed by atoms with Crippen LogP contribution in [0.2, 0.25) is 0 Å². The molecule has 1 N–H and O–H groups in total. The van der Waals surface area contributed by atoms with Crippen LogP contribution < -0.4 is 5.32 Å². The topological polar surface area (TPSA) is 63.1 Å². The highest BCUT2D eigenvalue weighted by atomic mass is 16.2. The van der Waals surface area contributed by atoms with Crippen LogP contribution in [-0.2, 0) is 6.42 Å². The smallest absolute Gasteiger partial charge is 0.317 e. The molecule has 1 unspecified atom stereocenters. The van der Waals surface area contributed by atoms with Crippen molar-refractivity contribution in [2.45, 2.75) is 57.5 Å². The summed E-state index contributed by atoms with van der Waals surface area (Å²) >= 11 is 0. The second kappa shape index (κ2) is 5.81. The molecule has 1 aromatic rings. The highest BCUT2D eigenvalue weighted by Crippen LogP contribution is 2.23. The van der Waals surface area contributed by atoms with Gasteiger partial charge < -0.3 is 14.8 Å². The van der Waals surface area contributed by atoms with E-state index >= 15 is 0 Å². The van der Waals surface area contributed by atoms with Gasteiger partial charge in [0, 0.05) is 25.6 Å². The fourth-order valence-electron chi connectivity index (χ4n) is 3.31. The van der Waals surface area contributed by atoms with Gasteiger partial charge in [-0.3, -0.25) is 0 Å². The maximum Gasteiger partial charge on any atom is 0.317 e. The first-order valence-electron chi connectivity index (χ1n) is 7.71. The number of amides is 2. The van der Waals surface area contributed by atoms with Crippen molar-refractivity contribution in [3.63, 3.8) is 0 Å². The minimum Gasteiger partial charge on any atom is -0.335 e. The predicted molar refractivity (Wildman–Crippen MR) is 75.4 cm³/mol. The Morgan fingerprint density at radius 1 is 1.40 bits per heavy atom. The summed E-state index contributed by atoms with van der Waals surface area (Å²) in [6.45, 7) is 3.67. The van der Waals surface area contributed by atoms with Crippen molar-refractivity contribution in [2.24, 2.45) is 0 Å². The molecule has 6 heteroatoms. The van der Waals surface area contributed by atoms with Gasteiger partial charge in [-0.25, -0.2) is 4.79 Å². The number of aromatic nitrogens is 3. The van der Waals surface area contributed by atoms with Crippen LogP contribution in [0.5, 0.6) is 0 Å². The summed E-state index contributed by atoms with van der Waals surface area (Å²) in [5.41, 5.74) is 0. The van der Waals surface area contributed by atoms with Crippen LogP contribution in [0.4, 0.5) is 4.79 Å². The van der Waals surface area contributed by atoms with Crippen molar-refractivity contribution in [3.8, 4) is 0 Å². The molecule has 1 aliphatic heterocycles. The first-order chi connectivity index (χ1) is 9.78. The fraction of sp³-hybridized carbons (Fsp3) is 0.786. The molecule has 0 bridgehead atoms. The Kier molecular flexibility index (Phi) is 3.89. The van der Waals surface area contributed by atoms with Gasteiger partial charge in [-0.1, -0.05) is 19.8 Å². The number of hydrogen-bond acceptors (Lipinski definition) is 3. The molecule has 20 heavy (non-hydrogen) atoms. The van der Waals surface area contributed by atoms with E-state index in [1.807, 2.05) is 4.90 Å². The monoisotopic (exact) mass is 277 g/mol. The molecular formula is C14H23N5O. The van der Waals surface area contributed by atoms with E-state index < -0.39 is 0 Å². The quantitative estimate of drug-likeness (QED) is 0.915. The maximum absolute atomic E-state index is 12.2. The van der Waals surface area contributed by atoms with Gasteiger partial charge >= 0.3 is 6.03 Å². The van der Waals surface area contributed by atoms with E-state index in [0.717, 1.165) is 44.6 Å². The molecule has 2 fully saturated rings. The number of likely N-dealkylation sites (tertiary alicyclic amines) is 1. The van der Waals surface area contributed by atoms with Crippen LogP contribution >= 0.6 is 0 Å². The Labute approximate surface area is 119 Å². The first-order valence-corrected chi connectivity index (χ1v) is 7.71. The zero-order chi connectivity index (χ0) is 13.9. The second-order valence-electron chi connectivity index (χ2n) is 5.83. The molecule has 1 aromatic heterocycles. The summed E-state index contributed by atoms with van der Waals surface area (Å²) in [4.78, 5) is 14.2. The van der Waals surface area contributed by atoms with Gasteiger partial charge in [0.1, 0.15) is 12.2 Å². The van der Waals surface area contributed by atoms with E-state index in [9.17, 15) is 4.79 Å². The predicted octanol–water partition coefficient (Wildman–Crippen LogP) is 1.74. The molecule has 2 amide bonds. The van der Waals surface area contributed by atoms with Gasteiger partial charge in [0.15, 0.2) is 0 Å². The normalized spacial score (nSPS) is 23.4. The van der Waals surface area contributed by atoms with Crippen LogP contribution in [0, 0.1) is 0 Å². The highest BCUT2D eigenvalue weighted by Gasteiger charge is 2.29. The molecule has 2 heterocycles. The maximum atomic E-state index is 12.2. The minimum atomic E-state index is 0.102. The van der Waals surface area contributed by atoms with Gasteiger partial charge in [-0.2, -0.15) is 0 Å². The van der Waals surface area contributed by atoms with Gasteiger partial charge in [0.25, 0.3) is 0 Å². The van der Waals surface area contributed by atoms with Crippen molar-refractivity contribution < 1.29 is 4.79 Å². The third-order valence-electron chi connectivity index (χ3n) is 4.49. The summed E-state index contributed by atoms with van der Waals surface area (Å²) in [6.07, 6.45) is 8.42. The Hall–Kier alpha value is -1.59. The van der Waals surface area contributed by atoms with Crippen molar-refractivity contribution in [1.29, 1.82) is 0 Å². The number of urea groups is 1. The minimum absolute atomic E-state index is 0.102. The lowest BCUT2D eigenvalue weighted by Gasteiger charge is -2.21. The van der Waals surface area contributed by atoms with Gasteiger partial charge in [0.2, 0.25) is 0 Å². The lowest BCUT2D eigenvalue weighted by atomic mass is 10.2. The number of rotatable bonds is 3. The number of hydrogen-bond donors (Lipinski definition) is 1. The van der Waals surface area contributed by atoms with Gasteiger partial charge in [-0.05, 0) is 19.3 Å². The van der Waals surface area contributed by atoms with Gasteiger partial charge in [-0.15, -0.1) is 10.2 Å². The van der Waals surface area contributed by atoms with Crippen LogP contribution in [-0.4, -0.2) is 44.8 Å². The SMILES string of the molecule is CCc1nncn1C1CCN(C(=O)NC2CCCC2)C1. The van der Waals surface area contributed by atoms with Crippen molar-refractivity contribution in [1.82, 2.24) is 25.0 Å². The van der Waals surface area contributed by atoms with Crippen LogP contribution in [0.1, 0.15) is 50.9 Å².